The van der Waals surface area contributed by atoms with Crippen molar-refractivity contribution < 1.29 is 14.5 Å². The monoisotopic (exact) mass is 280 g/mol. The molecule has 1 aliphatic carbocycles. The van der Waals surface area contributed by atoms with Crippen molar-refractivity contribution in [3.63, 3.8) is 0 Å². The summed E-state index contributed by atoms with van der Waals surface area (Å²) in [6, 6.07) is 9.75. The zero-order chi connectivity index (χ0) is 14.8. The van der Waals surface area contributed by atoms with Gasteiger partial charge in [0.1, 0.15) is 7.05 Å². The molecular formula is C18H18NO2+. The molecule has 1 aromatic carbocycles. The third-order valence-electron chi connectivity index (χ3n) is 4.11. The SMILES string of the molecule is C[N+]1=C/C=C2/C=CC=CC2[C@H](c2ccccc2)[C@@H](O)C1=O. The van der Waals surface area contributed by atoms with Crippen molar-refractivity contribution in [1.29, 1.82) is 0 Å². The number of hydrogen-bond acceptors (Lipinski definition) is 2. The molecule has 2 aliphatic rings. The zero-order valence-electron chi connectivity index (χ0n) is 11.9. The number of rotatable bonds is 1. The first-order chi connectivity index (χ1) is 10.2. The Kier molecular flexibility index (Phi) is 3.67. The Hall–Kier alpha value is -2.26. The van der Waals surface area contributed by atoms with Crippen LogP contribution in [0.4, 0.5) is 0 Å². The van der Waals surface area contributed by atoms with Crippen molar-refractivity contribution in [2.24, 2.45) is 5.92 Å². The molecule has 106 valence electrons. The smallest absolute Gasteiger partial charge is 0.378 e. The Labute approximate surface area is 124 Å². The fraction of sp³-hybridized carbons (Fsp3) is 0.222. The van der Waals surface area contributed by atoms with Crippen LogP contribution >= 0.6 is 0 Å². The topological polar surface area (TPSA) is 40.3 Å². The van der Waals surface area contributed by atoms with Crippen LogP contribution in [0.5, 0.6) is 0 Å². The first-order valence-corrected chi connectivity index (χ1v) is 7.08. The molecule has 1 aliphatic heterocycles. The Morgan fingerprint density at radius 3 is 2.67 bits per heavy atom. The summed E-state index contributed by atoms with van der Waals surface area (Å²) in [5.74, 6) is -0.550. The van der Waals surface area contributed by atoms with E-state index in [1.807, 2.05) is 54.6 Å². The van der Waals surface area contributed by atoms with Gasteiger partial charge in [-0.15, -0.1) is 0 Å². The molecule has 1 N–H and O–H groups in total. The molecular weight excluding hydrogens is 262 g/mol. The van der Waals surface area contributed by atoms with E-state index < -0.39 is 6.10 Å². The number of carbonyl (C=O) groups excluding carboxylic acids is 1. The molecule has 0 bridgehead atoms. The van der Waals surface area contributed by atoms with Gasteiger partial charge in [-0.2, -0.15) is 4.58 Å². The van der Waals surface area contributed by atoms with Gasteiger partial charge in [0.05, 0.1) is 0 Å². The molecule has 0 aromatic heterocycles. The Balaban J connectivity index is 2.14. The van der Waals surface area contributed by atoms with Gasteiger partial charge in [0, 0.05) is 17.9 Å². The van der Waals surface area contributed by atoms with Crippen LogP contribution in [0.25, 0.3) is 0 Å². The predicted molar refractivity (Wildman–Crippen MR) is 82.3 cm³/mol. The van der Waals surface area contributed by atoms with E-state index in [1.165, 1.54) is 4.58 Å². The maximum Gasteiger partial charge on any atom is 0.415 e. The van der Waals surface area contributed by atoms with Gasteiger partial charge < -0.3 is 5.11 Å². The highest BCUT2D eigenvalue weighted by molar-refractivity contribution is 5.82. The van der Waals surface area contributed by atoms with Crippen molar-refractivity contribution in [3.05, 3.63) is 71.8 Å². The maximum absolute atomic E-state index is 12.3. The highest BCUT2D eigenvalue weighted by Gasteiger charge is 2.40. The maximum atomic E-state index is 12.3. The summed E-state index contributed by atoms with van der Waals surface area (Å²) in [4.78, 5) is 12.3. The summed E-state index contributed by atoms with van der Waals surface area (Å²) in [6.45, 7) is 0. The van der Waals surface area contributed by atoms with E-state index in [4.69, 9.17) is 0 Å². The van der Waals surface area contributed by atoms with Crippen LogP contribution in [-0.2, 0) is 4.79 Å². The Morgan fingerprint density at radius 1 is 1.14 bits per heavy atom. The number of aliphatic hydroxyl groups excluding tert-OH is 1. The van der Waals surface area contributed by atoms with E-state index in [0.29, 0.717) is 0 Å². The quantitative estimate of drug-likeness (QED) is 0.800. The molecule has 1 heterocycles. The molecule has 1 unspecified atom stereocenters. The molecule has 1 aromatic rings. The molecule has 0 saturated carbocycles. The molecule has 0 saturated heterocycles. The van der Waals surface area contributed by atoms with E-state index in [9.17, 15) is 9.90 Å². The van der Waals surface area contributed by atoms with Crippen LogP contribution in [0.2, 0.25) is 0 Å². The van der Waals surface area contributed by atoms with Gasteiger partial charge in [-0.1, -0.05) is 54.6 Å². The first kappa shape index (κ1) is 13.7. The lowest BCUT2D eigenvalue weighted by Gasteiger charge is -2.30. The lowest BCUT2D eigenvalue weighted by atomic mass is 9.75. The van der Waals surface area contributed by atoms with Gasteiger partial charge in [0.2, 0.25) is 0 Å². The van der Waals surface area contributed by atoms with Gasteiger partial charge in [-0.3, -0.25) is 0 Å². The molecule has 21 heavy (non-hydrogen) atoms. The number of nitrogens with zero attached hydrogens (tertiary/aromatic N) is 1. The minimum Gasteiger partial charge on any atom is -0.378 e. The van der Waals surface area contributed by atoms with E-state index in [0.717, 1.165) is 11.1 Å². The van der Waals surface area contributed by atoms with Crippen LogP contribution < -0.4 is 0 Å². The Bertz CT molecular complexity index is 668. The number of fused-ring (bicyclic) bond motifs is 1. The number of amides is 1. The number of hydrogen-bond donors (Lipinski definition) is 1. The number of likely N-dealkylation sites (N-methyl/N-ethyl adjacent to an activating group) is 1. The van der Waals surface area contributed by atoms with Crippen molar-refractivity contribution in [2.75, 3.05) is 7.05 Å². The molecule has 3 nitrogen and oxygen atoms in total. The largest absolute Gasteiger partial charge is 0.415 e. The second-order valence-corrected chi connectivity index (χ2v) is 5.42. The summed E-state index contributed by atoms with van der Waals surface area (Å²) in [5.41, 5.74) is 2.08. The van der Waals surface area contributed by atoms with Crippen molar-refractivity contribution >= 4 is 12.1 Å². The second-order valence-electron chi connectivity index (χ2n) is 5.42. The van der Waals surface area contributed by atoms with Crippen LogP contribution in [-0.4, -0.2) is 35.0 Å². The normalized spacial score (nSPS) is 30.8. The summed E-state index contributed by atoms with van der Waals surface area (Å²) < 4.78 is 1.45. The average Bonchev–Trinajstić information content (AvgIpc) is 2.53. The molecule has 3 atom stereocenters. The standard InChI is InChI=1S/C18H18NO2/c1-19-12-11-13-7-5-6-10-15(13)16(17(20)18(19)21)14-8-3-2-4-9-14/h2-12,15-17,20H,1H3/q+1/b13-11-,19-12?/t15?,16-,17+/m0/s1. The number of carbonyl (C=O) groups is 1. The number of benzene rings is 1. The summed E-state index contributed by atoms with van der Waals surface area (Å²) in [7, 11) is 1.67. The molecule has 1 amide bonds. The molecule has 3 heteroatoms. The molecule has 3 rings (SSSR count). The molecule has 0 fully saturated rings. The first-order valence-electron chi connectivity index (χ1n) is 7.08. The second kappa shape index (κ2) is 5.62. The third-order valence-corrected chi connectivity index (χ3v) is 4.11. The lowest BCUT2D eigenvalue weighted by Crippen LogP contribution is -2.39. The Morgan fingerprint density at radius 2 is 1.90 bits per heavy atom. The number of allylic oxidation sites excluding steroid dienone is 6. The fourth-order valence-corrected chi connectivity index (χ4v) is 2.96. The average molecular weight is 280 g/mol. The third kappa shape index (κ3) is 2.52. The summed E-state index contributed by atoms with van der Waals surface area (Å²) >= 11 is 0. The van der Waals surface area contributed by atoms with Crippen molar-refractivity contribution in [2.45, 2.75) is 12.0 Å². The van der Waals surface area contributed by atoms with Crippen LogP contribution in [0.1, 0.15) is 11.5 Å². The minimum absolute atomic E-state index is 0.00120. The highest BCUT2D eigenvalue weighted by Crippen LogP contribution is 2.37. The van der Waals surface area contributed by atoms with Crippen molar-refractivity contribution in [1.82, 2.24) is 0 Å². The van der Waals surface area contributed by atoms with E-state index in [2.05, 4.69) is 6.08 Å². The molecule has 0 spiro atoms. The summed E-state index contributed by atoms with van der Waals surface area (Å²) in [6.07, 6.45) is 10.7. The van der Waals surface area contributed by atoms with E-state index in [1.54, 1.807) is 13.3 Å². The van der Waals surface area contributed by atoms with Gasteiger partial charge >= 0.3 is 5.91 Å². The fourth-order valence-electron chi connectivity index (χ4n) is 2.96. The van der Waals surface area contributed by atoms with Gasteiger partial charge in [0.15, 0.2) is 12.3 Å². The van der Waals surface area contributed by atoms with Crippen molar-refractivity contribution in [3.8, 4) is 0 Å². The predicted octanol–water partition coefficient (Wildman–Crippen LogP) is 2.05. The minimum atomic E-state index is -1.06. The lowest BCUT2D eigenvalue weighted by molar-refractivity contribution is -0.420. The van der Waals surface area contributed by atoms with Crippen LogP contribution in [0.3, 0.4) is 0 Å². The molecule has 0 radical (unpaired) electrons. The van der Waals surface area contributed by atoms with Gasteiger partial charge in [0.25, 0.3) is 0 Å². The van der Waals surface area contributed by atoms with Crippen LogP contribution in [0, 0.1) is 5.92 Å². The zero-order valence-corrected chi connectivity index (χ0v) is 11.9. The van der Waals surface area contributed by atoms with E-state index >= 15 is 0 Å². The van der Waals surface area contributed by atoms with Gasteiger partial charge in [-0.25, -0.2) is 4.79 Å². The van der Waals surface area contributed by atoms with E-state index in [-0.39, 0.29) is 17.7 Å². The number of aliphatic hydroxyl groups is 1. The van der Waals surface area contributed by atoms with Gasteiger partial charge in [-0.05, 0) is 11.1 Å². The summed E-state index contributed by atoms with van der Waals surface area (Å²) in [5, 5.41) is 10.6. The van der Waals surface area contributed by atoms with Crippen LogP contribution in [0.15, 0.2) is 66.3 Å². The highest BCUT2D eigenvalue weighted by atomic mass is 16.3.